The number of hydrogen-bond donors (Lipinski definition) is 0. The van der Waals surface area contributed by atoms with E-state index in [-0.39, 0.29) is 0 Å². The van der Waals surface area contributed by atoms with Crippen LogP contribution < -0.4 is 0 Å². The van der Waals surface area contributed by atoms with Crippen molar-refractivity contribution in [3.8, 4) is 40.3 Å². The summed E-state index contributed by atoms with van der Waals surface area (Å²) in [6.07, 6.45) is 0. The molecule has 0 radical (unpaired) electrons. The van der Waals surface area contributed by atoms with Crippen molar-refractivity contribution in [1.82, 2.24) is 37.8 Å². The van der Waals surface area contributed by atoms with E-state index in [0.717, 1.165) is 104 Å². The molecular weight excluding hydrogens is 941 g/mol. The molecule has 17 aromatic rings. The zero-order valence-electron chi connectivity index (χ0n) is 41.3. The molecule has 0 unspecified atom stereocenters. The molecule has 11 aromatic carbocycles. The highest BCUT2D eigenvalue weighted by Gasteiger charge is 2.26. The van der Waals surface area contributed by atoms with Gasteiger partial charge in [-0.15, -0.1) is 0 Å². The summed E-state index contributed by atoms with van der Waals surface area (Å²) in [7, 11) is 0. The number of rotatable bonds is 6. The van der Waals surface area contributed by atoms with Crippen LogP contribution in [0.1, 0.15) is 0 Å². The van der Waals surface area contributed by atoms with Crippen LogP contribution in [-0.2, 0) is 0 Å². The summed E-state index contributed by atoms with van der Waals surface area (Å²) in [6.45, 7) is 0. The standard InChI is InChI=1S/C69H42N8/c1-3-20-43(21-4-1)67-70-68(76-59-35-16-11-30-51(59)55-41-63-54(42-64(55)76)50-29-10-15-34-58(50)73(63)44-22-5-2-6-23-44)72-69(71-67)77-60-36-17-9-28-49(60)52-38-39-62-65(66(52)77)53-31-12-18-37-61(53)75(62)46-25-19-24-45(40-46)74-56-32-13-7-26-47(56)48-27-8-14-33-57(48)74/h1-42H. The smallest absolute Gasteiger partial charge is 0.240 e. The predicted molar refractivity (Wildman–Crippen MR) is 317 cm³/mol. The zero-order valence-corrected chi connectivity index (χ0v) is 41.3. The van der Waals surface area contributed by atoms with Crippen molar-refractivity contribution in [2.45, 2.75) is 0 Å². The molecule has 77 heavy (non-hydrogen) atoms. The van der Waals surface area contributed by atoms with Crippen LogP contribution in [0.3, 0.4) is 0 Å². The lowest BCUT2D eigenvalue weighted by Gasteiger charge is -2.14. The largest absolute Gasteiger partial charge is 0.309 e. The summed E-state index contributed by atoms with van der Waals surface area (Å²) in [5.74, 6) is 1.65. The molecule has 0 amide bonds. The second kappa shape index (κ2) is 16.0. The third-order valence-corrected chi connectivity index (χ3v) is 15.9. The summed E-state index contributed by atoms with van der Waals surface area (Å²) in [5.41, 5.74) is 15.1. The first-order valence-electron chi connectivity index (χ1n) is 26.1. The first kappa shape index (κ1) is 41.9. The maximum Gasteiger partial charge on any atom is 0.240 e. The van der Waals surface area contributed by atoms with Gasteiger partial charge in [-0.1, -0.05) is 170 Å². The van der Waals surface area contributed by atoms with E-state index in [1.807, 2.05) is 18.2 Å². The number of aromatic nitrogens is 8. The Morgan fingerprint density at radius 1 is 0.221 bits per heavy atom. The van der Waals surface area contributed by atoms with E-state index >= 15 is 0 Å². The molecule has 8 nitrogen and oxygen atoms in total. The zero-order chi connectivity index (χ0) is 50.3. The van der Waals surface area contributed by atoms with Crippen molar-refractivity contribution in [2.24, 2.45) is 0 Å². The van der Waals surface area contributed by atoms with Crippen LogP contribution in [0.25, 0.3) is 149 Å². The van der Waals surface area contributed by atoms with Crippen molar-refractivity contribution >= 4 is 109 Å². The van der Waals surface area contributed by atoms with Crippen LogP contribution in [0.15, 0.2) is 255 Å². The van der Waals surface area contributed by atoms with Gasteiger partial charge in [0.2, 0.25) is 11.9 Å². The Hall–Kier alpha value is -10.6. The molecular formula is C69H42N8. The van der Waals surface area contributed by atoms with Crippen LogP contribution in [-0.4, -0.2) is 37.8 Å². The fourth-order valence-corrected chi connectivity index (χ4v) is 12.7. The van der Waals surface area contributed by atoms with Gasteiger partial charge in [0.05, 0.1) is 55.2 Å². The summed E-state index contributed by atoms with van der Waals surface area (Å²) in [5, 5.41) is 11.5. The van der Waals surface area contributed by atoms with E-state index in [1.165, 1.54) is 27.2 Å². The molecule has 0 spiro atoms. The highest BCUT2D eigenvalue weighted by Crippen LogP contribution is 2.44. The van der Waals surface area contributed by atoms with Gasteiger partial charge in [0.25, 0.3) is 0 Å². The lowest BCUT2D eigenvalue weighted by atomic mass is 10.1. The molecule has 0 saturated heterocycles. The summed E-state index contributed by atoms with van der Waals surface area (Å²) >= 11 is 0. The molecule has 6 heterocycles. The minimum absolute atomic E-state index is 0.533. The normalized spacial score (nSPS) is 12.2. The van der Waals surface area contributed by atoms with Crippen molar-refractivity contribution in [3.05, 3.63) is 255 Å². The van der Waals surface area contributed by atoms with Crippen LogP contribution in [0, 0.1) is 0 Å². The Kier molecular flexibility index (Phi) is 8.68. The number of fused-ring (bicyclic) bond motifs is 16. The Balaban J connectivity index is 0.950. The van der Waals surface area contributed by atoms with Crippen molar-refractivity contribution in [3.63, 3.8) is 0 Å². The number of benzene rings is 11. The average Bonchev–Trinajstić information content (AvgIpc) is 4.36. The Bertz CT molecular complexity index is 5230. The van der Waals surface area contributed by atoms with Gasteiger partial charge in [0, 0.05) is 76.5 Å². The SMILES string of the molecule is c1ccc(-c2nc(-n3c4ccccc4c4cc5c(cc43)c3ccccc3n5-c3ccccc3)nc(-n3c4ccccc4c4ccc5c(c6ccccc6n5-c5cccc(-n6c7ccccc7c7ccccc76)c5)c43)n2)cc1. The van der Waals surface area contributed by atoms with Crippen LogP contribution >= 0.6 is 0 Å². The van der Waals surface area contributed by atoms with Gasteiger partial charge in [-0.2, -0.15) is 15.0 Å². The molecule has 0 aliphatic heterocycles. The van der Waals surface area contributed by atoms with Crippen molar-refractivity contribution < 1.29 is 0 Å². The molecule has 17 rings (SSSR count). The molecule has 0 saturated carbocycles. The molecule has 0 fully saturated rings. The second-order valence-corrected chi connectivity index (χ2v) is 20.0. The van der Waals surface area contributed by atoms with E-state index in [9.17, 15) is 0 Å². The van der Waals surface area contributed by atoms with Crippen LogP contribution in [0.2, 0.25) is 0 Å². The third-order valence-electron chi connectivity index (χ3n) is 15.9. The van der Waals surface area contributed by atoms with Gasteiger partial charge in [0.1, 0.15) is 0 Å². The molecule has 0 aliphatic rings. The molecule has 6 aromatic heterocycles. The van der Waals surface area contributed by atoms with E-state index in [2.05, 4.69) is 259 Å². The predicted octanol–water partition coefficient (Wildman–Crippen LogP) is 17.0. The number of hydrogen-bond acceptors (Lipinski definition) is 3. The van der Waals surface area contributed by atoms with Gasteiger partial charge in [0.15, 0.2) is 5.82 Å². The summed E-state index contributed by atoms with van der Waals surface area (Å²) < 4.78 is 11.7. The first-order chi connectivity index (χ1) is 38.2. The first-order valence-corrected chi connectivity index (χ1v) is 26.1. The maximum absolute atomic E-state index is 5.67. The van der Waals surface area contributed by atoms with Gasteiger partial charge in [-0.25, -0.2) is 0 Å². The molecule has 0 bridgehead atoms. The number of para-hydroxylation sites is 7. The van der Waals surface area contributed by atoms with E-state index in [4.69, 9.17) is 15.0 Å². The topological polar surface area (TPSA) is 63.3 Å². The van der Waals surface area contributed by atoms with E-state index in [1.54, 1.807) is 0 Å². The van der Waals surface area contributed by atoms with E-state index < -0.39 is 0 Å². The third kappa shape index (κ3) is 5.94. The Morgan fingerprint density at radius 3 is 1.18 bits per heavy atom. The average molecular weight is 983 g/mol. The Labute approximate surface area is 439 Å². The molecule has 8 heteroatoms. The minimum Gasteiger partial charge on any atom is -0.309 e. The summed E-state index contributed by atoms with van der Waals surface area (Å²) in [4.78, 5) is 16.6. The van der Waals surface area contributed by atoms with Gasteiger partial charge < -0.3 is 13.7 Å². The monoisotopic (exact) mass is 982 g/mol. The van der Waals surface area contributed by atoms with Crippen molar-refractivity contribution in [2.75, 3.05) is 0 Å². The molecule has 358 valence electrons. The quantitative estimate of drug-likeness (QED) is 0.167. The maximum atomic E-state index is 5.67. The highest BCUT2D eigenvalue weighted by atomic mass is 15.3. The fraction of sp³-hybridized carbons (Fsp3) is 0. The highest BCUT2D eigenvalue weighted by molar-refractivity contribution is 6.26. The number of nitrogens with zero attached hydrogens (tertiary/aromatic N) is 8. The second-order valence-electron chi connectivity index (χ2n) is 20.0. The molecule has 0 N–H and O–H groups in total. The van der Waals surface area contributed by atoms with Crippen LogP contribution in [0.5, 0.6) is 0 Å². The van der Waals surface area contributed by atoms with Gasteiger partial charge >= 0.3 is 0 Å². The lowest BCUT2D eigenvalue weighted by Crippen LogP contribution is -2.10. The fourth-order valence-electron chi connectivity index (χ4n) is 12.7. The lowest BCUT2D eigenvalue weighted by molar-refractivity contribution is 0.894. The Morgan fingerprint density at radius 2 is 0.610 bits per heavy atom. The van der Waals surface area contributed by atoms with Gasteiger partial charge in [-0.3, -0.25) is 9.13 Å². The van der Waals surface area contributed by atoms with Crippen LogP contribution in [0.4, 0.5) is 0 Å². The summed E-state index contributed by atoms with van der Waals surface area (Å²) in [6, 6.07) is 91.4. The van der Waals surface area contributed by atoms with Crippen molar-refractivity contribution in [1.29, 1.82) is 0 Å². The molecule has 0 aliphatic carbocycles. The molecule has 0 atom stereocenters. The van der Waals surface area contributed by atoms with E-state index in [0.29, 0.717) is 17.7 Å². The van der Waals surface area contributed by atoms with Gasteiger partial charge in [-0.05, 0) is 84.9 Å². The minimum atomic E-state index is 0.533.